The maximum Gasteiger partial charge on any atom is 0.166 e. The van der Waals surface area contributed by atoms with E-state index in [0.717, 1.165) is 99.5 Å². The fourth-order valence-electron chi connectivity index (χ4n) is 11.5. The maximum atomic E-state index is 9.36. The van der Waals surface area contributed by atoms with Gasteiger partial charge in [-0.05, 0) is 117 Å². The average Bonchev–Trinajstić information content (AvgIpc) is 1.67. The van der Waals surface area contributed by atoms with E-state index in [0.29, 0.717) is 34.0 Å². The Morgan fingerprint density at radius 1 is 0.284 bits per heavy atom. The Hall–Kier alpha value is -11.0. The number of furan rings is 2. The molecule has 0 aliphatic rings. The zero-order valence-corrected chi connectivity index (χ0v) is 43.1. The summed E-state index contributed by atoms with van der Waals surface area (Å²) in [6.45, 7) is 0. The van der Waals surface area contributed by atoms with E-state index in [9.17, 15) is 2.74 Å². The molecule has 16 aromatic rings. The van der Waals surface area contributed by atoms with E-state index in [4.69, 9.17) is 30.6 Å². The third-order valence-electron chi connectivity index (χ3n) is 15.3. The van der Waals surface area contributed by atoms with Crippen molar-refractivity contribution >= 4 is 65.7 Å². The summed E-state index contributed by atoms with van der Waals surface area (Å²) in [5, 5.41) is 4.16. The average molecular weight is 1040 g/mol. The Morgan fingerprint density at radius 2 is 0.753 bits per heavy atom. The molecule has 0 unspecified atom stereocenters. The van der Waals surface area contributed by atoms with Crippen LogP contribution in [-0.4, -0.2) is 19.5 Å². The lowest BCUT2D eigenvalue weighted by Gasteiger charge is -2.15. The highest BCUT2D eigenvalue weighted by Gasteiger charge is 2.22. The molecule has 4 aromatic heterocycles. The number of para-hydroxylation sites is 6. The Kier molecular flexibility index (Phi) is 9.20. The Labute approximate surface area is 476 Å². The minimum Gasteiger partial charge on any atom is -0.455 e. The highest BCUT2D eigenvalue weighted by molar-refractivity contribution is 6.14. The standard InChI is InChI=1S/C75H46N4O2/c1-3-19-47(20-4-1)54-43-55(48-21-5-2-6-22-48)45-56(44-54)49-23-15-25-52(41-49)73-76-74(78-75(77-73)64-30-9-13-37-68(64)79-66-35-11-7-27-59(66)60-28-8-12-36-67(60)79)53-26-16-24-50(42-53)57-31-18-34-63-65-46-51(39-40-70(65)81-72(57)63)58-32-17-33-62-61-29-10-14-38-69(61)80-71(58)62/h1-46H/i7D,8D,11D,27D,28D,35D,36D. The molecule has 16 rings (SSSR count). The van der Waals surface area contributed by atoms with E-state index < -0.39 is 12.1 Å². The molecule has 0 saturated carbocycles. The molecule has 0 radical (unpaired) electrons. The number of hydrogen-bond acceptors (Lipinski definition) is 5. The first kappa shape index (κ1) is 39.4. The van der Waals surface area contributed by atoms with Gasteiger partial charge in [0.25, 0.3) is 0 Å². The van der Waals surface area contributed by atoms with Crippen molar-refractivity contribution in [3.8, 4) is 95.5 Å². The van der Waals surface area contributed by atoms with Crippen molar-refractivity contribution < 1.29 is 18.4 Å². The van der Waals surface area contributed by atoms with Crippen molar-refractivity contribution in [1.29, 1.82) is 0 Å². The maximum absolute atomic E-state index is 9.36. The molecule has 0 N–H and O–H groups in total. The zero-order valence-electron chi connectivity index (χ0n) is 50.1. The van der Waals surface area contributed by atoms with Crippen molar-refractivity contribution in [2.45, 2.75) is 0 Å². The van der Waals surface area contributed by atoms with Gasteiger partial charge in [-0.15, -0.1) is 0 Å². The van der Waals surface area contributed by atoms with Crippen LogP contribution in [0.25, 0.3) is 161 Å². The minimum absolute atomic E-state index is 0.0426. The zero-order chi connectivity index (χ0) is 59.5. The number of aromatic nitrogens is 4. The molecule has 12 aromatic carbocycles. The van der Waals surface area contributed by atoms with Crippen LogP contribution in [-0.2, 0) is 0 Å². The van der Waals surface area contributed by atoms with Crippen LogP contribution in [0.15, 0.2) is 288 Å². The van der Waals surface area contributed by atoms with Gasteiger partial charge in [-0.1, -0.05) is 206 Å². The number of hydrogen-bond donors (Lipinski definition) is 0. The summed E-state index contributed by atoms with van der Waals surface area (Å²) >= 11 is 0. The van der Waals surface area contributed by atoms with Gasteiger partial charge in [0.15, 0.2) is 17.5 Å². The summed E-state index contributed by atoms with van der Waals surface area (Å²) in [5.74, 6) is 0.942. The van der Waals surface area contributed by atoms with Gasteiger partial charge in [-0.2, -0.15) is 0 Å². The van der Waals surface area contributed by atoms with Crippen molar-refractivity contribution in [3.63, 3.8) is 0 Å². The predicted octanol–water partition coefficient (Wildman–Crippen LogP) is 20.1. The van der Waals surface area contributed by atoms with Gasteiger partial charge >= 0.3 is 0 Å². The molecule has 81 heavy (non-hydrogen) atoms. The van der Waals surface area contributed by atoms with Crippen LogP contribution in [0.5, 0.6) is 0 Å². The molecular weight excluding hydrogens is 989 g/mol. The van der Waals surface area contributed by atoms with Gasteiger partial charge in [0.2, 0.25) is 0 Å². The molecule has 0 atom stereocenters. The minimum atomic E-state index is -0.482. The van der Waals surface area contributed by atoms with Crippen LogP contribution in [0.4, 0.5) is 0 Å². The third kappa shape index (κ3) is 7.91. The molecule has 4 heterocycles. The molecule has 0 spiro atoms. The SMILES string of the molecule is [2H]c1cc([2H])c2c(c1[2H])c1c([2H])c([2H])c([2H])c([2H])c1n2-c1ccccc1-c1nc(-c2cccc(-c3cc(-c4ccccc4)cc(-c4ccccc4)c3)c2)nc(-c2cccc(-c3cccc4c3oc3ccc(-c5cccc6c5oc5ccccc56)cc34)c2)n1. The second-order valence-corrected chi connectivity index (χ2v) is 20.1. The van der Waals surface area contributed by atoms with E-state index >= 15 is 0 Å². The second-order valence-electron chi connectivity index (χ2n) is 20.1. The van der Waals surface area contributed by atoms with Gasteiger partial charge < -0.3 is 13.4 Å². The molecule has 6 heteroatoms. The highest BCUT2D eigenvalue weighted by atomic mass is 16.3. The van der Waals surface area contributed by atoms with Crippen LogP contribution in [0.3, 0.4) is 0 Å². The lowest BCUT2D eigenvalue weighted by Crippen LogP contribution is -2.03. The normalized spacial score (nSPS) is 12.9. The van der Waals surface area contributed by atoms with Crippen LogP contribution in [0.1, 0.15) is 9.60 Å². The van der Waals surface area contributed by atoms with E-state index in [1.807, 2.05) is 115 Å². The van der Waals surface area contributed by atoms with Crippen molar-refractivity contribution in [3.05, 3.63) is 279 Å². The van der Waals surface area contributed by atoms with Crippen LogP contribution in [0.2, 0.25) is 0 Å². The Balaban J connectivity index is 0.881. The number of benzene rings is 12. The molecule has 0 saturated heterocycles. The van der Waals surface area contributed by atoms with E-state index in [1.165, 1.54) is 6.07 Å². The van der Waals surface area contributed by atoms with Crippen molar-refractivity contribution in [2.24, 2.45) is 0 Å². The summed E-state index contributed by atoms with van der Waals surface area (Å²) in [6, 6.07) is 76.4. The van der Waals surface area contributed by atoms with Crippen LogP contribution >= 0.6 is 0 Å². The molecule has 0 aliphatic carbocycles. The molecule has 0 bridgehead atoms. The van der Waals surface area contributed by atoms with Crippen LogP contribution in [0, 0.1) is 0 Å². The molecule has 378 valence electrons. The molecule has 0 amide bonds. The summed E-state index contributed by atoms with van der Waals surface area (Å²) < 4.78 is 78.1. The molecule has 6 nitrogen and oxygen atoms in total. The van der Waals surface area contributed by atoms with Gasteiger partial charge in [0, 0.05) is 60.1 Å². The summed E-state index contributed by atoms with van der Waals surface area (Å²) in [5.41, 5.74) is 15.5. The molecule has 0 fully saturated rings. The fraction of sp³-hybridized carbons (Fsp3) is 0. The first-order valence-corrected chi connectivity index (χ1v) is 26.7. The highest BCUT2D eigenvalue weighted by Crippen LogP contribution is 2.43. The van der Waals surface area contributed by atoms with Gasteiger partial charge in [0.05, 0.1) is 26.3 Å². The lowest BCUT2D eigenvalue weighted by molar-refractivity contribution is 0.669. The monoisotopic (exact) mass is 1040 g/mol. The van der Waals surface area contributed by atoms with Crippen molar-refractivity contribution in [2.75, 3.05) is 0 Å². The summed E-state index contributed by atoms with van der Waals surface area (Å²) in [6.07, 6.45) is 0. The Morgan fingerprint density at radius 3 is 1.47 bits per heavy atom. The predicted molar refractivity (Wildman–Crippen MR) is 332 cm³/mol. The van der Waals surface area contributed by atoms with Crippen LogP contribution < -0.4 is 0 Å². The van der Waals surface area contributed by atoms with E-state index in [2.05, 4.69) is 103 Å². The second kappa shape index (κ2) is 18.9. The van der Waals surface area contributed by atoms with Gasteiger partial charge in [0.1, 0.15) is 22.3 Å². The van der Waals surface area contributed by atoms with E-state index in [-0.39, 0.29) is 57.8 Å². The van der Waals surface area contributed by atoms with E-state index in [1.54, 1.807) is 16.7 Å². The molecule has 0 aliphatic heterocycles. The first-order valence-electron chi connectivity index (χ1n) is 30.2. The van der Waals surface area contributed by atoms with Gasteiger partial charge in [-0.3, -0.25) is 0 Å². The summed E-state index contributed by atoms with van der Waals surface area (Å²) in [4.78, 5) is 15.9. The topological polar surface area (TPSA) is 69.9 Å². The smallest absolute Gasteiger partial charge is 0.166 e. The lowest BCUT2D eigenvalue weighted by atomic mass is 9.93. The Bertz CT molecular complexity index is 5510. The molecular formula is C75H46N4O2. The third-order valence-corrected chi connectivity index (χ3v) is 15.3. The quantitative estimate of drug-likeness (QED) is 0.144. The van der Waals surface area contributed by atoms with Gasteiger partial charge in [-0.25, -0.2) is 15.0 Å². The number of rotatable bonds is 9. The summed E-state index contributed by atoms with van der Waals surface area (Å²) in [7, 11) is 0. The first-order chi connectivity index (χ1) is 43.0. The largest absolute Gasteiger partial charge is 0.455 e. The fourth-order valence-corrected chi connectivity index (χ4v) is 11.5. The number of nitrogens with zero attached hydrogens (tertiary/aromatic N) is 4. The van der Waals surface area contributed by atoms with Crippen molar-refractivity contribution in [1.82, 2.24) is 19.5 Å². The number of fused-ring (bicyclic) bond motifs is 9.